The maximum Gasteiger partial charge on any atom is 0.335 e. The number of esters is 2. The van der Waals surface area contributed by atoms with Crippen molar-refractivity contribution in [1.29, 1.82) is 0 Å². The van der Waals surface area contributed by atoms with Gasteiger partial charge in [0.1, 0.15) is 23.9 Å². The van der Waals surface area contributed by atoms with Crippen molar-refractivity contribution in [3.05, 3.63) is 34.4 Å². The highest BCUT2D eigenvalue weighted by molar-refractivity contribution is 5.67. The highest BCUT2D eigenvalue weighted by Gasteiger charge is 2.84. The van der Waals surface area contributed by atoms with Gasteiger partial charge in [-0.25, -0.2) is 4.79 Å². The third-order valence-corrected chi connectivity index (χ3v) is 10.8. The molecule has 1 spiro atoms. The quantitative estimate of drug-likeness (QED) is 0.464. The molecular formula is C28H36O7. The van der Waals surface area contributed by atoms with Crippen LogP contribution in [-0.2, 0) is 23.8 Å². The van der Waals surface area contributed by atoms with Gasteiger partial charge in [0.15, 0.2) is 0 Å². The topological polar surface area (TPSA) is 95.3 Å². The molecule has 1 aromatic heterocycles. The second-order valence-corrected chi connectivity index (χ2v) is 12.2. The van der Waals surface area contributed by atoms with Gasteiger partial charge in [-0.15, -0.1) is 0 Å². The minimum absolute atomic E-state index is 0.0380. The number of rotatable bonds is 3. The number of epoxide rings is 1. The van der Waals surface area contributed by atoms with Gasteiger partial charge in [-0.3, -0.25) is 9.59 Å². The van der Waals surface area contributed by atoms with Crippen LogP contribution in [0.2, 0.25) is 0 Å². The standard InChI is InChI=1S/C28H36O7/c1-15(29)33-19-9-11-26(3)18(13-19)6-7-21-20(26)10-12-27(4)23(17-5-8-22(31)32-14-17)24(34-16(2)30)25-28(21,27)35-25/h5,8,14,18-21,23-25H,6-7,9-13H2,1-4H3/t18-,19+,20?,21-,23+,24-,25-,26+,27-,28-/m1/s1. The Labute approximate surface area is 205 Å². The molecule has 0 N–H and O–H groups in total. The van der Waals surface area contributed by atoms with Crippen LogP contribution in [-0.4, -0.2) is 35.9 Å². The summed E-state index contributed by atoms with van der Waals surface area (Å²) in [5.41, 5.74) is 0.194. The zero-order valence-electron chi connectivity index (χ0n) is 21.1. The molecule has 5 fully saturated rings. The lowest BCUT2D eigenvalue weighted by molar-refractivity contribution is -0.166. The molecule has 5 aliphatic rings. The number of hydrogen-bond donors (Lipinski definition) is 0. The van der Waals surface area contributed by atoms with Gasteiger partial charge in [0.2, 0.25) is 0 Å². The average Bonchev–Trinajstić information content (AvgIpc) is 3.49. The minimum atomic E-state index is -0.380. The van der Waals surface area contributed by atoms with Gasteiger partial charge in [-0.2, -0.15) is 0 Å². The van der Waals surface area contributed by atoms with Crippen LogP contribution in [0.3, 0.4) is 0 Å². The first kappa shape index (κ1) is 23.3. The fraction of sp³-hybridized carbons (Fsp3) is 0.750. The molecule has 7 nitrogen and oxygen atoms in total. The molecule has 2 heterocycles. The van der Waals surface area contributed by atoms with E-state index in [2.05, 4.69) is 13.8 Å². The zero-order chi connectivity index (χ0) is 24.8. The largest absolute Gasteiger partial charge is 0.463 e. The van der Waals surface area contributed by atoms with E-state index in [1.165, 1.54) is 19.9 Å². The van der Waals surface area contributed by atoms with Crippen LogP contribution >= 0.6 is 0 Å². The summed E-state index contributed by atoms with van der Waals surface area (Å²) in [6.45, 7) is 7.72. The number of carbonyl (C=O) groups is 2. The lowest BCUT2D eigenvalue weighted by Gasteiger charge is -2.61. The Balaban J connectivity index is 1.34. The summed E-state index contributed by atoms with van der Waals surface area (Å²) in [6.07, 6.45) is 8.28. The fourth-order valence-electron chi connectivity index (χ4n) is 9.42. The molecule has 190 valence electrons. The number of ether oxygens (including phenoxy) is 3. The smallest absolute Gasteiger partial charge is 0.335 e. The maximum atomic E-state index is 12.1. The molecule has 4 aliphatic carbocycles. The molecule has 0 radical (unpaired) electrons. The molecule has 0 bridgehead atoms. The van der Waals surface area contributed by atoms with E-state index in [4.69, 9.17) is 18.6 Å². The third kappa shape index (κ3) is 3.15. The zero-order valence-corrected chi connectivity index (χ0v) is 21.1. The summed E-state index contributed by atoms with van der Waals surface area (Å²) in [6, 6.07) is 3.29. The van der Waals surface area contributed by atoms with Crippen molar-refractivity contribution in [3.8, 4) is 0 Å². The lowest BCUT2D eigenvalue weighted by Crippen LogP contribution is -2.58. The van der Waals surface area contributed by atoms with Gasteiger partial charge in [-0.05, 0) is 79.7 Å². The van der Waals surface area contributed by atoms with E-state index < -0.39 is 0 Å². The Morgan fingerprint density at radius 3 is 2.43 bits per heavy atom. The van der Waals surface area contributed by atoms with Crippen LogP contribution in [0.4, 0.5) is 0 Å². The van der Waals surface area contributed by atoms with Gasteiger partial charge >= 0.3 is 17.6 Å². The molecule has 35 heavy (non-hydrogen) atoms. The molecule has 6 rings (SSSR count). The highest BCUT2D eigenvalue weighted by Crippen LogP contribution is 2.78. The summed E-state index contributed by atoms with van der Waals surface area (Å²) >= 11 is 0. The fourth-order valence-corrected chi connectivity index (χ4v) is 9.42. The third-order valence-electron chi connectivity index (χ3n) is 10.8. The Kier molecular flexibility index (Phi) is 5.10. The van der Waals surface area contributed by atoms with Crippen molar-refractivity contribution in [3.63, 3.8) is 0 Å². The van der Waals surface area contributed by atoms with Crippen molar-refractivity contribution in [2.75, 3.05) is 0 Å². The van der Waals surface area contributed by atoms with Crippen LogP contribution < -0.4 is 5.63 Å². The van der Waals surface area contributed by atoms with Gasteiger partial charge in [0, 0.05) is 31.2 Å². The van der Waals surface area contributed by atoms with Crippen molar-refractivity contribution < 1.29 is 28.2 Å². The number of carbonyl (C=O) groups excluding carboxylic acids is 2. The Morgan fingerprint density at radius 2 is 1.74 bits per heavy atom. The normalized spacial score (nSPS) is 47.5. The summed E-state index contributed by atoms with van der Waals surface area (Å²) in [7, 11) is 0. The van der Waals surface area contributed by atoms with Gasteiger partial charge in [-0.1, -0.05) is 13.8 Å². The van der Waals surface area contributed by atoms with Crippen molar-refractivity contribution >= 4 is 11.9 Å². The maximum absolute atomic E-state index is 12.1. The van der Waals surface area contributed by atoms with Crippen LogP contribution in [0, 0.1) is 28.6 Å². The minimum Gasteiger partial charge on any atom is -0.463 e. The van der Waals surface area contributed by atoms with Crippen LogP contribution in [0.5, 0.6) is 0 Å². The predicted molar refractivity (Wildman–Crippen MR) is 125 cm³/mol. The molecule has 1 saturated heterocycles. The van der Waals surface area contributed by atoms with E-state index in [0.29, 0.717) is 17.8 Å². The number of fused-ring (bicyclic) bond motifs is 3. The lowest BCUT2D eigenvalue weighted by atomic mass is 9.44. The molecule has 1 aliphatic heterocycles. The highest BCUT2D eigenvalue weighted by atomic mass is 16.7. The molecule has 4 saturated carbocycles. The van der Waals surface area contributed by atoms with Crippen molar-refractivity contribution in [1.82, 2.24) is 0 Å². The Bertz CT molecular complexity index is 1090. The van der Waals surface area contributed by atoms with Gasteiger partial charge < -0.3 is 18.6 Å². The van der Waals surface area contributed by atoms with Gasteiger partial charge in [0.25, 0.3) is 0 Å². The Morgan fingerprint density at radius 1 is 0.971 bits per heavy atom. The first-order chi connectivity index (χ1) is 16.6. The van der Waals surface area contributed by atoms with Crippen LogP contribution in [0.15, 0.2) is 27.6 Å². The predicted octanol–water partition coefficient (Wildman–Crippen LogP) is 4.37. The summed E-state index contributed by atoms with van der Waals surface area (Å²) in [4.78, 5) is 35.4. The molecule has 1 unspecified atom stereocenters. The molecule has 1 aromatic rings. The summed E-state index contributed by atoms with van der Waals surface area (Å²) in [5, 5.41) is 0. The van der Waals surface area contributed by atoms with Gasteiger partial charge in [0.05, 0.1) is 6.26 Å². The van der Waals surface area contributed by atoms with E-state index in [1.54, 1.807) is 6.26 Å². The first-order valence-corrected chi connectivity index (χ1v) is 13.2. The van der Waals surface area contributed by atoms with E-state index in [0.717, 1.165) is 50.5 Å². The van der Waals surface area contributed by atoms with Crippen LogP contribution in [0.25, 0.3) is 0 Å². The molecule has 0 aromatic carbocycles. The van der Waals surface area contributed by atoms with E-state index >= 15 is 0 Å². The SMILES string of the molecule is CC(=O)O[C@H]1CC[C@]2(C)C3CC[C@]4(C)[C@@H](c5ccc(=O)oc5)[C@@H](OC(C)=O)[C@H]5O[C@]54[C@@H]3CC[C@@H]2C1. The summed E-state index contributed by atoms with van der Waals surface area (Å²) < 4.78 is 23.5. The molecule has 10 atom stereocenters. The van der Waals surface area contributed by atoms with Crippen molar-refractivity contribution in [2.24, 2.45) is 28.6 Å². The monoisotopic (exact) mass is 484 g/mol. The molecule has 7 heteroatoms. The van der Waals surface area contributed by atoms with Crippen LogP contribution in [0.1, 0.15) is 84.1 Å². The van der Waals surface area contributed by atoms with E-state index in [1.807, 2.05) is 6.07 Å². The average molecular weight is 485 g/mol. The number of hydrogen-bond acceptors (Lipinski definition) is 7. The van der Waals surface area contributed by atoms with E-state index in [-0.39, 0.29) is 58.2 Å². The summed E-state index contributed by atoms with van der Waals surface area (Å²) in [5.74, 6) is 0.922. The second kappa shape index (κ2) is 7.67. The van der Waals surface area contributed by atoms with Crippen molar-refractivity contribution in [2.45, 2.75) is 102 Å². The second-order valence-electron chi connectivity index (χ2n) is 12.2. The molecule has 0 amide bonds. The first-order valence-electron chi connectivity index (χ1n) is 13.2. The van der Waals surface area contributed by atoms with E-state index in [9.17, 15) is 14.4 Å². The Hall–Kier alpha value is -2.15. The molecular weight excluding hydrogens is 448 g/mol.